The number of nitrogens with one attached hydrogen (secondary N) is 1. The first kappa shape index (κ1) is 13.6. The zero-order chi connectivity index (χ0) is 13.7. The monoisotopic (exact) mass is 282 g/mol. The van der Waals surface area contributed by atoms with Crippen molar-refractivity contribution in [1.29, 1.82) is 0 Å². The van der Waals surface area contributed by atoms with Crippen LogP contribution in [-0.2, 0) is 0 Å². The van der Waals surface area contributed by atoms with Gasteiger partial charge in [0.1, 0.15) is 4.99 Å². The van der Waals surface area contributed by atoms with Gasteiger partial charge in [0.15, 0.2) is 0 Å². The molecule has 0 saturated heterocycles. The van der Waals surface area contributed by atoms with Gasteiger partial charge < -0.3 is 11.1 Å². The predicted octanol–water partition coefficient (Wildman–Crippen LogP) is 3.82. The number of nitrogens with two attached hydrogens (primary N) is 1. The average Bonchev–Trinajstić information content (AvgIpc) is 2.63. The second-order valence-electron chi connectivity index (χ2n) is 6.08. The van der Waals surface area contributed by atoms with Gasteiger partial charge in [0.25, 0.3) is 0 Å². The predicted molar refractivity (Wildman–Crippen MR) is 82.3 cm³/mol. The van der Waals surface area contributed by atoms with E-state index in [9.17, 15) is 0 Å². The maximum atomic E-state index is 6.25. The van der Waals surface area contributed by atoms with Crippen LogP contribution < -0.4 is 11.1 Å². The Balaban J connectivity index is 2.20. The Morgan fingerprint density at radius 2 is 1.83 bits per heavy atom. The van der Waals surface area contributed by atoms with Crippen molar-refractivity contribution in [3.63, 3.8) is 0 Å². The van der Waals surface area contributed by atoms with Crippen molar-refractivity contribution in [2.75, 3.05) is 5.32 Å². The number of benzene rings is 1. The first-order valence-corrected chi connectivity index (χ1v) is 6.82. The first-order chi connectivity index (χ1) is 8.18. The highest BCUT2D eigenvalue weighted by atomic mass is 35.5. The van der Waals surface area contributed by atoms with Crippen LogP contribution in [0.25, 0.3) is 0 Å². The van der Waals surface area contributed by atoms with Gasteiger partial charge in [-0.3, -0.25) is 0 Å². The Hall–Kier alpha value is -0.800. The molecule has 0 aliphatic heterocycles. The average molecular weight is 283 g/mol. The molecule has 4 heteroatoms. The molecule has 1 fully saturated rings. The lowest BCUT2D eigenvalue weighted by atomic mass is 10.0. The molecule has 2 rings (SSSR count). The third kappa shape index (κ3) is 1.99. The highest BCUT2D eigenvalue weighted by molar-refractivity contribution is 7.80. The molecule has 98 valence electrons. The van der Waals surface area contributed by atoms with E-state index in [0.717, 1.165) is 11.3 Å². The lowest BCUT2D eigenvalue weighted by molar-refractivity contribution is 0.457. The minimum absolute atomic E-state index is 0.276. The van der Waals surface area contributed by atoms with Crippen LogP contribution in [0.1, 0.15) is 33.3 Å². The molecule has 0 spiro atoms. The van der Waals surface area contributed by atoms with E-state index in [-0.39, 0.29) is 10.8 Å². The van der Waals surface area contributed by atoms with Gasteiger partial charge in [-0.1, -0.05) is 51.5 Å². The van der Waals surface area contributed by atoms with Gasteiger partial charge in [-0.25, -0.2) is 0 Å². The lowest BCUT2D eigenvalue weighted by Crippen LogP contribution is -2.12. The van der Waals surface area contributed by atoms with Gasteiger partial charge in [-0.15, -0.1) is 0 Å². The molecule has 18 heavy (non-hydrogen) atoms. The minimum Gasteiger partial charge on any atom is -0.389 e. The molecule has 1 saturated carbocycles. The Kier molecular flexibility index (Phi) is 3.11. The van der Waals surface area contributed by atoms with E-state index in [1.54, 1.807) is 0 Å². The van der Waals surface area contributed by atoms with E-state index in [1.807, 2.05) is 18.2 Å². The summed E-state index contributed by atoms with van der Waals surface area (Å²) >= 11 is 11.2. The number of halogens is 1. The second kappa shape index (κ2) is 4.10. The standard InChI is InChI=1S/C14H19ClN2S/c1-13(2)12(14(13,3)4)17-10-6-5-8(11(16)18)7-9(10)15/h5-7,12,17H,1-4H3,(H2,16,18). The summed E-state index contributed by atoms with van der Waals surface area (Å²) in [5.41, 5.74) is 7.88. The molecular formula is C14H19ClN2S. The molecule has 0 amide bonds. The fourth-order valence-corrected chi connectivity index (χ4v) is 2.86. The Morgan fingerprint density at radius 3 is 2.22 bits per heavy atom. The minimum atomic E-state index is 0.276. The maximum Gasteiger partial charge on any atom is 0.104 e. The molecule has 0 radical (unpaired) electrons. The summed E-state index contributed by atoms with van der Waals surface area (Å²) < 4.78 is 0. The fraction of sp³-hybridized carbons (Fsp3) is 0.500. The molecule has 0 atom stereocenters. The van der Waals surface area contributed by atoms with Crippen molar-refractivity contribution in [1.82, 2.24) is 0 Å². The summed E-state index contributed by atoms with van der Waals surface area (Å²) in [4.78, 5) is 0.371. The largest absolute Gasteiger partial charge is 0.389 e. The van der Waals surface area contributed by atoms with E-state index < -0.39 is 0 Å². The third-order valence-electron chi connectivity index (χ3n) is 4.57. The van der Waals surface area contributed by atoms with E-state index in [4.69, 9.17) is 29.6 Å². The van der Waals surface area contributed by atoms with Crippen molar-refractivity contribution in [3.05, 3.63) is 28.8 Å². The van der Waals surface area contributed by atoms with Crippen molar-refractivity contribution in [3.8, 4) is 0 Å². The molecular weight excluding hydrogens is 264 g/mol. The van der Waals surface area contributed by atoms with Gasteiger partial charge in [-0.2, -0.15) is 0 Å². The summed E-state index contributed by atoms with van der Waals surface area (Å²) in [6.07, 6.45) is 0. The quantitative estimate of drug-likeness (QED) is 0.828. The van der Waals surface area contributed by atoms with E-state index in [0.29, 0.717) is 16.1 Å². The summed E-state index contributed by atoms with van der Waals surface area (Å²) in [6.45, 7) is 9.06. The van der Waals surface area contributed by atoms with Crippen LogP contribution in [0.15, 0.2) is 18.2 Å². The zero-order valence-corrected chi connectivity index (χ0v) is 12.7. The maximum absolute atomic E-state index is 6.25. The smallest absolute Gasteiger partial charge is 0.104 e. The van der Waals surface area contributed by atoms with Gasteiger partial charge in [0, 0.05) is 11.6 Å². The molecule has 0 bridgehead atoms. The molecule has 3 N–H and O–H groups in total. The normalized spacial score (nSPS) is 20.5. The van der Waals surface area contributed by atoms with Crippen LogP contribution in [0.4, 0.5) is 5.69 Å². The lowest BCUT2D eigenvalue weighted by Gasteiger charge is -2.11. The number of hydrogen-bond acceptors (Lipinski definition) is 2. The Bertz CT molecular complexity index is 495. The van der Waals surface area contributed by atoms with Crippen LogP contribution in [0, 0.1) is 10.8 Å². The van der Waals surface area contributed by atoms with E-state index in [2.05, 4.69) is 33.0 Å². The second-order valence-corrected chi connectivity index (χ2v) is 6.93. The van der Waals surface area contributed by atoms with Crippen LogP contribution >= 0.6 is 23.8 Å². The zero-order valence-electron chi connectivity index (χ0n) is 11.2. The van der Waals surface area contributed by atoms with Crippen LogP contribution in [0.2, 0.25) is 5.02 Å². The van der Waals surface area contributed by atoms with Gasteiger partial charge >= 0.3 is 0 Å². The van der Waals surface area contributed by atoms with Crippen molar-refractivity contribution < 1.29 is 0 Å². The van der Waals surface area contributed by atoms with Gasteiger partial charge in [-0.05, 0) is 29.0 Å². The summed E-state index contributed by atoms with van der Waals surface area (Å²) in [6, 6.07) is 6.09. The number of anilines is 1. The molecule has 2 nitrogen and oxygen atoms in total. The number of rotatable bonds is 3. The Labute approximate surface area is 119 Å². The van der Waals surface area contributed by atoms with Crippen molar-refractivity contribution in [2.45, 2.75) is 33.7 Å². The first-order valence-electron chi connectivity index (χ1n) is 6.04. The fourth-order valence-electron chi connectivity index (χ4n) is 2.50. The molecule has 1 aliphatic rings. The molecule has 1 aromatic rings. The van der Waals surface area contributed by atoms with E-state index in [1.165, 1.54) is 0 Å². The third-order valence-corrected chi connectivity index (χ3v) is 5.12. The van der Waals surface area contributed by atoms with Gasteiger partial charge in [0.05, 0.1) is 10.7 Å². The van der Waals surface area contributed by atoms with E-state index >= 15 is 0 Å². The Morgan fingerprint density at radius 1 is 1.28 bits per heavy atom. The molecule has 0 aromatic heterocycles. The summed E-state index contributed by atoms with van der Waals surface area (Å²) in [5, 5.41) is 4.18. The number of thiocarbonyl (C=S) groups is 1. The van der Waals surface area contributed by atoms with Gasteiger partial charge in [0.2, 0.25) is 0 Å². The molecule has 0 heterocycles. The number of hydrogen-bond donors (Lipinski definition) is 2. The molecule has 1 aliphatic carbocycles. The van der Waals surface area contributed by atoms with Crippen molar-refractivity contribution >= 4 is 34.5 Å². The summed E-state index contributed by atoms with van der Waals surface area (Å²) in [5.74, 6) is 0. The highest BCUT2D eigenvalue weighted by Crippen LogP contribution is 2.63. The summed E-state index contributed by atoms with van der Waals surface area (Å²) in [7, 11) is 0. The highest BCUT2D eigenvalue weighted by Gasteiger charge is 2.64. The van der Waals surface area contributed by atoms with Crippen molar-refractivity contribution in [2.24, 2.45) is 16.6 Å². The van der Waals surface area contributed by atoms with Crippen LogP contribution in [0.5, 0.6) is 0 Å². The molecule has 0 unspecified atom stereocenters. The SMILES string of the molecule is CC1(C)C(Nc2ccc(C(N)=S)cc2Cl)C1(C)C. The molecule has 1 aromatic carbocycles. The van der Waals surface area contributed by atoms with Crippen LogP contribution in [-0.4, -0.2) is 11.0 Å². The topological polar surface area (TPSA) is 38.0 Å². The van der Waals surface area contributed by atoms with Crippen LogP contribution in [0.3, 0.4) is 0 Å².